The van der Waals surface area contributed by atoms with Gasteiger partial charge in [-0.15, -0.1) is 0 Å². The summed E-state index contributed by atoms with van der Waals surface area (Å²) in [6, 6.07) is 11.5. The summed E-state index contributed by atoms with van der Waals surface area (Å²) in [6.45, 7) is 2.67. The summed E-state index contributed by atoms with van der Waals surface area (Å²) >= 11 is 0. The van der Waals surface area contributed by atoms with Gasteiger partial charge in [0.1, 0.15) is 5.82 Å². The number of rotatable bonds is 5. The van der Waals surface area contributed by atoms with Crippen LogP contribution in [-0.4, -0.2) is 12.5 Å². The summed E-state index contributed by atoms with van der Waals surface area (Å²) in [7, 11) is 0. The van der Waals surface area contributed by atoms with Crippen LogP contribution in [0.1, 0.15) is 22.8 Å². The molecule has 0 saturated heterocycles. The number of carbonyl (C=O) groups excluding carboxylic acids is 1. The molecule has 0 fully saturated rings. The Labute approximate surface area is 123 Å². The lowest BCUT2D eigenvalue weighted by Gasteiger charge is -2.13. The van der Waals surface area contributed by atoms with Crippen molar-refractivity contribution in [3.63, 3.8) is 0 Å². The van der Waals surface area contributed by atoms with E-state index in [1.165, 1.54) is 6.07 Å². The third-order valence-electron chi connectivity index (χ3n) is 3.05. The standard InChI is InChI=1S/C16H18FN3O/c1-2-19-16(21)13-8-7-12(18)9-15(13)20-10-11-5-3-4-6-14(11)17/h3-9,20H,2,10,18H2,1H3,(H,19,21). The highest BCUT2D eigenvalue weighted by Gasteiger charge is 2.11. The van der Waals surface area contributed by atoms with Gasteiger partial charge in [0.25, 0.3) is 5.91 Å². The molecule has 0 aliphatic carbocycles. The summed E-state index contributed by atoms with van der Waals surface area (Å²) in [5.74, 6) is -0.470. The highest BCUT2D eigenvalue weighted by atomic mass is 19.1. The molecule has 0 unspecified atom stereocenters. The van der Waals surface area contributed by atoms with Crippen LogP contribution >= 0.6 is 0 Å². The molecule has 1 amide bonds. The van der Waals surface area contributed by atoms with Gasteiger partial charge < -0.3 is 16.4 Å². The third-order valence-corrected chi connectivity index (χ3v) is 3.05. The van der Waals surface area contributed by atoms with E-state index in [0.717, 1.165) is 0 Å². The molecule has 0 atom stereocenters. The predicted octanol–water partition coefficient (Wildman–Crippen LogP) is 2.77. The number of nitrogens with two attached hydrogens (primary N) is 1. The van der Waals surface area contributed by atoms with Crippen molar-refractivity contribution in [2.75, 3.05) is 17.6 Å². The molecule has 0 aliphatic heterocycles. The molecule has 0 radical (unpaired) electrons. The van der Waals surface area contributed by atoms with Crippen LogP contribution in [0.3, 0.4) is 0 Å². The molecule has 0 heterocycles. The highest BCUT2D eigenvalue weighted by molar-refractivity contribution is 6.00. The van der Waals surface area contributed by atoms with E-state index >= 15 is 0 Å². The fraction of sp³-hybridized carbons (Fsp3) is 0.188. The second-order valence-electron chi connectivity index (χ2n) is 4.61. The van der Waals surface area contributed by atoms with Crippen LogP contribution in [-0.2, 0) is 6.54 Å². The first-order valence-corrected chi connectivity index (χ1v) is 6.76. The van der Waals surface area contributed by atoms with Crippen molar-refractivity contribution in [2.24, 2.45) is 0 Å². The molecule has 0 bridgehead atoms. The Morgan fingerprint density at radius 3 is 2.71 bits per heavy atom. The van der Waals surface area contributed by atoms with Crippen LogP contribution in [0, 0.1) is 5.82 Å². The minimum atomic E-state index is -0.284. The Hall–Kier alpha value is -2.56. The second kappa shape index (κ2) is 6.74. The van der Waals surface area contributed by atoms with Crippen molar-refractivity contribution in [1.82, 2.24) is 5.32 Å². The Balaban J connectivity index is 2.20. The molecule has 2 rings (SSSR count). The number of hydrogen-bond acceptors (Lipinski definition) is 3. The van der Waals surface area contributed by atoms with Crippen molar-refractivity contribution >= 4 is 17.3 Å². The van der Waals surface area contributed by atoms with E-state index in [4.69, 9.17) is 5.73 Å². The zero-order chi connectivity index (χ0) is 15.2. The van der Waals surface area contributed by atoms with Gasteiger partial charge in [-0.25, -0.2) is 4.39 Å². The first-order chi connectivity index (χ1) is 10.1. The first kappa shape index (κ1) is 14.8. The van der Waals surface area contributed by atoms with Crippen LogP contribution in [0.15, 0.2) is 42.5 Å². The fourth-order valence-electron chi connectivity index (χ4n) is 1.99. The summed E-state index contributed by atoms with van der Waals surface area (Å²) in [5.41, 5.74) is 7.90. The van der Waals surface area contributed by atoms with Crippen LogP contribution in [0.25, 0.3) is 0 Å². The van der Waals surface area contributed by atoms with Gasteiger partial charge in [0.15, 0.2) is 0 Å². The van der Waals surface area contributed by atoms with Crippen LogP contribution < -0.4 is 16.4 Å². The SMILES string of the molecule is CCNC(=O)c1ccc(N)cc1NCc1ccccc1F. The van der Waals surface area contributed by atoms with E-state index in [2.05, 4.69) is 10.6 Å². The van der Waals surface area contributed by atoms with Crippen LogP contribution in [0.2, 0.25) is 0 Å². The van der Waals surface area contributed by atoms with Crippen LogP contribution in [0.4, 0.5) is 15.8 Å². The number of carbonyl (C=O) groups is 1. The number of nitrogen functional groups attached to an aromatic ring is 1. The van der Waals surface area contributed by atoms with Gasteiger partial charge in [0, 0.05) is 30.0 Å². The van der Waals surface area contributed by atoms with Gasteiger partial charge in [-0.05, 0) is 31.2 Å². The third kappa shape index (κ3) is 3.72. The predicted molar refractivity (Wildman–Crippen MR) is 82.6 cm³/mol. The lowest BCUT2D eigenvalue weighted by Crippen LogP contribution is -2.24. The summed E-state index contributed by atoms with van der Waals surface area (Å²) in [4.78, 5) is 12.0. The largest absolute Gasteiger partial charge is 0.399 e. The zero-order valence-corrected chi connectivity index (χ0v) is 11.8. The molecule has 2 aromatic carbocycles. The molecule has 0 aromatic heterocycles. The molecule has 2 aromatic rings. The number of hydrogen-bond donors (Lipinski definition) is 3. The maximum Gasteiger partial charge on any atom is 0.253 e. The van der Waals surface area contributed by atoms with Gasteiger partial charge in [-0.1, -0.05) is 18.2 Å². The lowest BCUT2D eigenvalue weighted by molar-refractivity contribution is 0.0956. The monoisotopic (exact) mass is 287 g/mol. The van der Waals surface area contributed by atoms with Crippen molar-refractivity contribution in [1.29, 1.82) is 0 Å². The van der Waals surface area contributed by atoms with E-state index < -0.39 is 0 Å². The molecule has 4 nitrogen and oxygen atoms in total. The molecular weight excluding hydrogens is 269 g/mol. The first-order valence-electron chi connectivity index (χ1n) is 6.76. The molecule has 110 valence electrons. The zero-order valence-electron chi connectivity index (χ0n) is 11.8. The fourth-order valence-corrected chi connectivity index (χ4v) is 1.99. The Kier molecular flexibility index (Phi) is 4.77. The molecule has 0 aliphatic rings. The maximum absolute atomic E-state index is 13.6. The molecule has 5 heteroatoms. The Bertz CT molecular complexity index is 643. The molecule has 4 N–H and O–H groups in total. The Morgan fingerprint density at radius 2 is 2.00 bits per heavy atom. The van der Waals surface area contributed by atoms with Gasteiger partial charge in [0.05, 0.1) is 5.56 Å². The lowest BCUT2D eigenvalue weighted by atomic mass is 10.1. The van der Waals surface area contributed by atoms with Crippen molar-refractivity contribution in [3.05, 3.63) is 59.4 Å². The minimum Gasteiger partial charge on any atom is -0.399 e. The van der Waals surface area contributed by atoms with Gasteiger partial charge in [0.2, 0.25) is 0 Å². The van der Waals surface area contributed by atoms with E-state index in [0.29, 0.717) is 29.0 Å². The van der Waals surface area contributed by atoms with Gasteiger partial charge >= 0.3 is 0 Å². The summed E-state index contributed by atoms with van der Waals surface area (Å²) < 4.78 is 13.6. The summed E-state index contributed by atoms with van der Waals surface area (Å²) in [6.07, 6.45) is 0. The van der Waals surface area contributed by atoms with E-state index in [-0.39, 0.29) is 18.3 Å². The van der Waals surface area contributed by atoms with Crippen LogP contribution in [0.5, 0.6) is 0 Å². The number of nitrogens with one attached hydrogen (secondary N) is 2. The van der Waals surface area contributed by atoms with Gasteiger partial charge in [-0.2, -0.15) is 0 Å². The molecule has 0 saturated carbocycles. The minimum absolute atomic E-state index is 0.187. The number of benzene rings is 2. The second-order valence-corrected chi connectivity index (χ2v) is 4.61. The molecule has 0 spiro atoms. The highest BCUT2D eigenvalue weighted by Crippen LogP contribution is 2.20. The van der Waals surface area contributed by atoms with E-state index in [9.17, 15) is 9.18 Å². The molecule has 21 heavy (non-hydrogen) atoms. The summed E-state index contributed by atoms with van der Waals surface area (Å²) in [5, 5.41) is 5.81. The maximum atomic E-state index is 13.6. The van der Waals surface area contributed by atoms with Gasteiger partial charge in [-0.3, -0.25) is 4.79 Å². The normalized spacial score (nSPS) is 10.2. The Morgan fingerprint density at radius 1 is 1.24 bits per heavy atom. The average molecular weight is 287 g/mol. The van der Waals surface area contributed by atoms with E-state index in [1.807, 2.05) is 6.92 Å². The van der Waals surface area contributed by atoms with Crippen molar-refractivity contribution in [2.45, 2.75) is 13.5 Å². The molecular formula is C16H18FN3O. The smallest absolute Gasteiger partial charge is 0.253 e. The van der Waals surface area contributed by atoms with E-state index in [1.54, 1.807) is 36.4 Å². The number of anilines is 2. The number of halogens is 1. The van der Waals surface area contributed by atoms with Crippen molar-refractivity contribution < 1.29 is 9.18 Å². The quantitative estimate of drug-likeness (QED) is 0.741. The average Bonchev–Trinajstić information content (AvgIpc) is 2.46. The topological polar surface area (TPSA) is 67.2 Å². The number of amides is 1. The van der Waals surface area contributed by atoms with Crippen molar-refractivity contribution in [3.8, 4) is 0 Å².